The van der Waals surface area contributed by atoms with Crippen LogP contribution in [0, 0.1) is 5.82 Å². The summed E-state index contributed by atoms with van der Waals surface area (Å²) in [6.45, 7) is 2.82. The van der Waals surface area contributed by atoms with E-state index in [1.54, 1.807) is 12.1 Å². The van der Waals surface area contributed by atoms with Crippen molar-refractivity contribution >= 4 is 29.2 Å². The first-order valence-electron chi connectivity index (χ1n) is 9.92. The topological polar surface area (TPSA) is 119 Å². The molecule has 2 aromatic rings. The summed E-state index contributed by atoms with van der Waals surface area (Å²) in [5, 5.41) is 20.9. The highest BCUT2D eigenvalue weighted by Crippen LogP contribution is 2.28. The Morgan fingerprint density at radius 3 is 2.13 bits per heavy atom. The first kappa shape index (κ1) is 23.8. The van der Waals surface area contributed by atoms with Gasteiger partial charge in [-0.2, -0.15) is 0 Å². The molecule has 0 bridgehead atoms. The molecule has 8 nitrogen and oxygen atoms in total. The summed E-state index contributed by atoms with van der Waals surface area (Å²) in [4.78, 5) is 32.8. The molecule has 0 spiro atoms. The third-order valence-corrected chi connectivity index (χ3v) is 4.59. The van der Waals surface area contributed by atoms with E-state index in [-0.39, 0.29) is 18.3 Å². The number of anilines is 2. The van der Waals surface area contributed by atoms with Crippen LogP contribution in [0.5, 0.6) is 0 Å². The molecule has 1 heterocycles. The number of carboxylic acids is 2. The predicted octanol–water partition coefficient (Wildman–Crippen LogP) is 2.70. The summed E-state index contributed by atoms with van der Waals surface area (Å²) in [5.74, 6) is -3.98. The van der Waals surface area contributed by atoms with Crippen molar-refractivity contribution in [2.45, 2.75) is 25.8 Å². The van der Waals surface area contributed by atoms with Crippen LogP contribution in [-0.2, 0) is 20.9 Å². The fraction of sp³-hybridized carbons (Fsp3) is 0.318. The van der Waals surface area contributed by atoms with E-state index >= 15 is 0 Å². The molecule has 4 N–H and O–H groups in total. The van der Waals surface area contributed by atoms with Gasteiger partial charge in [0.1, 0.15) is 5.82 Å². The number of para-hydroxylation sites is 2. The zero-order chi connectivity index (χ0) is 22.6. The van der Waals surface area contributed by atoms with E-state index in [4.69, 9.17) is 19.8 Å². The Morgan fingerprint density at radius 1 is 0.903 bits per heavy atom. The second-order valence-electron chi connectivity index (χ2n) is 6.95. The number of benzene rings is 2. The van der Waals surface area contributed by atoms with E-state index in [1.165, 1.54) is 31.4 Å². The van der Waals surface area contributed by atoms with Gasteiger partial charge in [0, 0.05) is 19.6 Å². The summed E-state index contributed by atoms with van der Waals surface area (Å²) in [6.07, 6.45) is 3.67. The standard InChI is InChI=1S/C20H24FN3O.C2H2O4/c21-17-10-8-16(9-11-17)14-22-15-20(25)23-18-6-2-3-7-19(18)24-12-4-1-5-13-24;3-1(4)2(5)6/h2-3,6-11,22H,1,4-5,12-15H2,(H,23,25);(H,3,4)(H,5,6). The maximum absolute atomic E-state index is 12.9. The predicted molar refractivity (Wildman–Crippen MR) is 115 cm³/mol. The Bertz CT molecular complexity index is 871. The van der Waals surface area contributed by atoms with Gasteiger partial charge < -0.3 is 25.7 Å². The Hall–Kier alpha value is -3.46. The van der Waals surface area contributed by atoms with Crippen LogP contribution in [0.2, 0.25) is 0 Å². The molecular formula is C22H26FN3O5. The minimum absolute atomic E-state index is 0.0772. The Balaban J connectivity index is 0.000000501. The number of amides is 1. The monoisotopic (exact) mass is 431 g/mol. The van der Waals surface area contributed by atoms with E-state index in [1.807, 2.05) is 18.2 Å². The summed E-state index contributed by atoms with van der Waals surface area (Å²) < 4.78 is 12.9. The number of hydrogen-bond acceptors (Lipinski definition) is 5. The Labute approximate surface area is 179 Å². The molecule has 1 fully saturated rings. The van der Waals surface area contributed by atoms with Crippen LogP contribution < -0.4 is 15.5 Å². The molecule has 31 heavy (non-hydrogen) atoms. The van der Waals surface area contributed by atoms with Gasteiger partial charge in [-0.1, -0.05) is 24.3 Å². The van der Waals surface area contributed by atoms with E-state index < -0.39 is 11.9 Å². The Morgan fingerprint density at radius 2 is 1.52 bits per heavy atom. The molecule has 0 radical (unpaired) electrons. The normalized spacial score (nSPS) is 13.0. The van der Waals surface area contributed by atoms with Crippen molar-refractivity contribution in [2.24, 2.45) is 0 Å². The SMILES string of the molecule is O=C(CNCc1ccc(F)cc1)Nc1ccccc1N1CCCCC1.O=C(O)C(=O)O. The number of carboxylic acid groups (broad SMARTS) is 2. The smallest absolute Gasteiger partial charge is 0.414 e. The summed E-state index contributed by atoms with van der Waals surface area (Å²) in [7, 11) is 0. The average Bonchev–Trinajstić information content (AvgIpc) is 2.76. The number of nitrogens with one attached hydrogen (secondary N) is 2. The largest absolute Gasteiger partial charge is 0.473 e. The van der Waals surface area contributed by atoms with Crippen LogP contribution in [0.3, 0.4) is 0 Å². The summed E-state index contributed by atoms with van der Waals surface area (Å²) in [6, 6.07) is 14.2. The van der Waals surface area contributed by atoms with Gasteiger partial charge in [0.2, 0.25) is 5.91 Å². The number of hydrogen-bond donors (Lipinski definition) is 4. The molecule has 0 atom stereocenters. The number of halogens is 1. The maximum Gasteiger partial charge on any atom is 0.414 e. The van der Waals surface area contributed by atoms with Gasteiger partial charge in [-0.3, -0.25) is 4.79 Å². The molecule has 0 aliphatic carbocycles. The molecule has 0 unspecified atom stereocenters. The van der Waals surface area contributed by atoms with Crippen molar-refractivity contribution in [3.63, 3.8) is 0 Å². The molecule has 1 saturated heterocycles. The molecule has 1 amide bonds. The molecule has 2 aromatic carbocycles. The zero-order valence-corrected chi connectivity index (χ0v) is 17.0. The molecular weight excluding hydrogens is 405 g/mol. The first-order chi connectivity index (χ1) is 14.9. The molecule has 0 aromatic heterocycles. The lowest BCUT2D eigenvalue weighted by Gasteiger charge is -2.30. The van der Waals surface area contributed by atoms with Crippen LogP contribution in [-0.4, -0.2) is 47.7 Å². The van der Waals surface area contributed by atoms with Crippen molar-refractivity contribution in [3.8, 4) is 0 Å². The van der Waals surface area contributed by atoms with E-state index in [0.29, 0.717) is 6.54 Å². The van der Waals surface area contributed by atoms with Gasteiger partial charge in [-0.15, -0.1) is 0 Å². The van der Waals surface area contributed by atoms with Gasteiger partial charge in [0.25, 0.3) is 0 Å². The van der Waals surface area contributed by atoms with E-state index in [2.05, 4.69) is 21.6 Å². The van der Waals surface area contributed by atoms with Crippen molar-refractivity contribution in [1.82, 2.24) is 5.32 Å². The highest BCUT2D eigenvalue weighted by Gasteiger charge is 2.15. The number of carbonyl (C=O) groups is 3. The van der Waals surface area contributed by atoms with Crippen LogP contribution in [0.4, 0.5) is 15.8 Å². The fourth-order valence-electron chi connectivity index (χ4n) is 3.11. The zero-order valence-electron chi connectivity index (χ0n) is 17.0. The molecule has 9 heteroatoms. The number of nitrogens with zero attached hydrogens (tertiary/aromatic N) is 1. The maximum atomic E-state index is 12.9. The Kier molecular flexibility index (Phi) is 9.44. The molecule has 1 aliphatic rings. The average molecular weight is 431 g/mol. The summed E-state index contributed by atoms with van der Waals surface area (Å²) in [5.41, 5.74) is 2.90. The highest BCUT2D eigenvalue weighted by molar-refractivity contribution is 6.27. The van der Waals surface area contributed by atoms with Crippen molar-refractivity contribution in [3.05, 3.63) is 59.9 Å². The molecule has 166 valence electrons. The third-order valence-electron chi connectivity index (χ3n) is 4.59. The van der Waals surface area contributed by atoms with Gasteiger partial charge in [-0.25, -0.2) is 14.0 Å². The number of rotatable bonds is 6. The minimum Gasteiger partial charge on any atom is -0.473 e. The second-order valence-corrected chi connectivity index (χ2v) is 6.95. The van der Waals surface area contributed by atoms with Gasteiger partial charge >= 0.3 is 11.9 Å². The molecule has 0 saturated carbocycles. The first-order valence-corrected chi connectivity index (χ1v) is 9.92. The number of aliphatic carboxylic acids is 2. The molecule has 1 aliphatic heterocycles. The summed E-state index contributed by atoms with van der Waals surface area (Å²) >= 11 is 0. The van der Waals surface area contributed by atoms with Crippen LogP contribution in [0.1, 0.15) is 24.8 Å². The third kappa shape index (κ3) is 8.43. The lowest BCUT2D eigenvalue weighted by Crippen LogP contribution is -2.32. The number of carbonyl (C=O) groups excluding carboxylic acids is 1. The van der Waals surface area contributed by atoms with Gasteiger partial charge in [-0.05, 0) is 49.1 Å². The van der Waals surface area contributed by atoms with Crippen LogP contribution in [0.25, 0.3) is 0 Å². The lowest BCUT2D eigenvalue weighted by atomic mass is 10.1. The lowest BCUT2D eigenvalue weighted by molar-refractivity contribution is -0.159. The van der Waals surface area contributed by atoms with E-state index in [0.717, 1.165) is 30.0 Å². The second kappa shape index (κ2) is 12.3. The van der Waals surface area contributed by atoms with Crippen molar-refractivity contribution < 1.29 is 29.0 Å². The fourth-order valence-corrected chi connectivity index (χ4v) is 3.11. The van der Waals surface area contributed by atoms with Crippen LogP contribution >= 0.6 is 0 Å². The van der Waals surface area contributed by atoms with Gasteiger partial charge in [0.05, 0.1) is 17.9 Å². The van der Waals surface area contributed by atoms with Crippen molar-refractivity contribution in [2.75, 3.05) is 29.9 Å². The minimum atomic E-state index is -1.82. The number of piperidine rings is 1. The quantitative estimate of drug-likeness (QED) is 0.519. The van der Waals surface area contributed by atoms with Crippen molar-refractivity contribution in [1.29, 1.82) is 0 Å². The molecule has 3 rings (SSSR count). The van der Waals surface area contributed by atoms with E-state index in [9.17, 15) is 9.18 Å². The van der Waals surface area contributed by atoms with Crippen LogP contribution in [0.15, 0.2) is 48.5 Å². The van der Waals surface area contributed by atoms with Gasteiger partial charge in [0.15, 0.2) is 0 Å². The highest BCUT2D eigenvalue weighted by atomic mass is 19.1.